The normalized spacial score (nSPS) is 12.7. The lowest BCUT2D eigenvalue weighted by molar-refractivity contribution is 0.0984. The van der Waals surface area contributed by atoms with Crippen LogP contribution in [0.25, 0.3) is 0 Å². The van der Waals surface area contributed by atoms with E-state index in [9.17, 15) is 4.79 Å². The molecule has 0 atom stereocenters. The third-order valence-corrected chi connectivity index (χ3v) is 4.92. The predicted octanol–water partition coefficient (Wildman–Crippen LogP) is 4.55. The van der Waals surface area contributed by atoms with Gasteiger partial charge in [0.1, 0.15) is 5.69 Å². The average Bonchev–Trinajstić information content (AvgIpc) is 3.11. The molecule has 1 amide bonds. The Bertz CT molecular complexity index is 957. The molecule has 0 unspecified atom stereocenters. The van der Waals surface area contributed by atoms with Crippen molar-refractivity contribution in [3.63, 3.8) is 0 Å². The Kier molecular flexibility index (Phi) is 4.59. The highest BCUT2D eigenvalue weighted by atomic mass is 35.5. The molecule has 0 saturated carbocycles. The van der Waals surface area contributed by atoms with Crippen molar-refractivity contribution < 1.29 is 4.79 Å². The van der Waals surface area contributed by atoms with Crippen LogP contribution in [-0.4, -0.2) is 17.4 Å². The van der Waals surface area contributed by atoms with Gasteiger partial charge in [0.25, 0.3) is 5.91 Å². The van der Waals surface area contributed by atoms with Gasteiger partial charge in [-0.2, -0.15) is 0 Å². The summed E-state index contributed by atoms with van der Waals surface area (Å²) in [5, 5.41) is 4.03. The van der Waals surface area contributed by atoms with E-state index < -0.39 is 0 Å². The highest BCUT2D eigenvalue weighted by molar-refractivity contribution is 6.31. The van der Waals surface area contributed by atoms with Gasteiger partial charge < -0.3 is 10.2 Å². The minimum atomic E-state index is -0.0728. The number of anilines is 2. The first-order valence-corrected chi connectivity index (χ1v) is 8.93. The van der Waals surface area contributed by atoms with Crippen molar-refractivity contribution >= 4 is 28.9 Å². The summed E-state index contributed by atoms with van der Waals surface area (Å²) >= 11 is 6.19. The van der Waals surface area contributed by atoms with Gasteiger partial charge in [-0.25, -0.2) is 0 Å². The molecule has 0 spiro atoms. The molecule has 0 fully saturated rings. The molecule has 2 heterocycles. The van der Waals surface area contributed by atoms with E-state index in [0.717, 1.165) is 28.4 Å². The molecule has 26 heavy (non-hydrogen) atoms. The third kappa shape index (κ3) is 3.28. The van der Waals surface area contributed by atoms with E-state index in [2.05, 4.69) is 16.4 Å². The van der Waals surface area contributed by atoms with Crippen molar-refractivity contribution in [2.24, 2.45) is 0 Å². The molecule has 130 valence electrons. The van der Waals surface area contributed by atoms with Crippen LogP contribution < -0.4 is 10.2 Å². The van der Waals surface area contributed by atoms with Crippen molar-refractivity contribution in [1.82, 2.24) is 4.98 Å². The van der Waals surface area contributed by atoms with Gasteiger partial charge in [-0.05, 0) is 41.8 Å². The van der Waals surface area contributed by atoms with Crippen LogP contribution in [0.4, 0.5) is 11.4 Å². The summed E-state index contributed by atoms with van der Waals surface area (Å²) in [7, 11) is 0. The molecule has 0 aliphatic carbocycles. The summed E-state index contributed by atoms with van der Waals surface area (Å²) < 4.78 is 0. The molecule has 0 saturated heterocycles. The zero-order chi connectivity index (χ0) is 17.9. The number of aromatic nitrogens is 1. The Hall–Kier alpha value is -2.85. The van der Waals surface area contributed by atoms with Crippen molar-refractivity contribution in [2.75, 3.05) is 16.8 Å². The number of amides is 1. The first kappa shape index (κ1) is 16.6. The Labute approximate surface area is 157 Å². The SMILES string of the molecule is O=C(c1cc(NCc2ccccc2Cl)ccn1)N1CCc2ccccc21. The molecule has 4 rings (SSSR count). The Morgan fingerprint density at radius 2 is 1.92 bits per heavy atom. The number of benzene rings is 2. The lowest BCUT2D eigenvalue weighted by Crippen LogP contribution is -2.29. The van der Waals surface area contributed by atoms with Crippen LogP contribution in [0.15, 0.2) is 66.9 Å². The Morgan fingerprint density at radius 3 is 2.81 bits per heavy atom. The van der Waals surface area contributed by atoms with Crippen LogP contribution in [0.3, 0.4) is 0 Å². The van der Waals surface area contributed by atoms with Crippen molar-refractivity contribution in [3.8, 4) is 0 Å². The van der Waals surface area contributed by atoms with E-state index in [0.29, 0.717) is 18.8 Å². The molecular formula is C21H18ClN3O. The van der Waals surface area contributed by atoms with Gasteiger partial charge >= 0.3 is 0 Å². The fourth-order valence-electron chi connectivity index (χ4n) is 3.18. The topological polar surface area (TPSA) is 45.2 Å². The molecule has 1 aromatic heterocycles. The molecule has 0 bridgehead atoms. The van der Waals surface area contributed by atoms with E-state index in [-0.39, 0.29) is 5.91 Å². The van der Waals surface area contributed by atoms with Crippen LogP contribution in [0.2, 0.25) is 5.02 Å². The molecule has 4 nitrogen and oxygen atoms in total. The van der Waals surface area contributed by atoms with Crippen LogP contribution in [-0.2, 0) is 13.0 Å². The number of carbonyl (C=O) groups is 1. The predicted molar refractivity (Wildman–Crippen MR) is 105 cm³/mol. The number of nitrogens with zero attached hydrogens (tertiary/aromatic N) is 2. The number of fused-ring (bicyclic) bond motifs is 1. The maximum atomic E-state index is 12.9. The first-order valence-electron chi connectivity index (χ1n) is 8.55. The fourth-order valence-corrected chi connectivity index (χ4v) is 3.39. The summed E-state index contributed by atoms with van der Waals surface area (Å²) in [6.45, 7) is 1.28. The molecule has 3 aromatic rings. The number of para-hydroxylation sites is 1. The van der Waals surface area contributed by atoms with Gasteiger partial charge in [-0.1, -0.05) is 48.0 Å². The molecule has 0 radical (unpaired) electrons. The highest BCUT2D eigenvalue weighted by Gasteiger charge is 2.25. The Balaban J connectivity index is 1.51. The van der Waals surface area contributed by atoms with E-state index >= 15 is 0 Å². The van der Waals surface area contributed by atoms with Crippen LogP contribution >= 0.6 is 11.6 Å². The second kappa shape index (κ2) is 7.18. The number of hydrogen-bond acceptors (Lipinski definition) is 3. The van der Waals surface area contributed by atoms with Gasteiger partial charge in [-0.15, -0.1) is 0 Å². The van der Waals surface area contributed by atoms with Crippen LogP contribution in [0, 0.1) is 0 Å². The first-order chi connectivity index (χ1) is 12.7. The molecular weight excluding hydrogens is 346 g/mol. The highest BCUT2D eigenvalue weighted by Crippen LogP contribution is 2.29. The molecule has 1 aliphatic rings. The summed E-state index contributed by atoms with van der Waals surface area (Å²) in [6.07, 6.45) is 2.54. The molecule has 1 N–H and O–H groups in total. The minimum absolute atomic E-state index is 0.0728. The summed E-state index contributed by atoms with van der Waals surface area (Å²) in [6, 6.07) is 19.4. The number of nitrogens with one attached hydrogen (secondary N) is 1. The van der Waals surface area contributed by atoms with Gasteiger partial charge in [0.15, 0.2) is 0 Å². The number of carbonyl (C=O) groups excluding carboxylic acids is 1. The van der Waals surface area contributed by atoms with E-state index in [1.807, 2.05) is 48.5 Å². The number of hydrogen-bond donors (Lipinski definition) is 1. The number of halogens is 1. The zero-order valence-corrected chi connectivity index (χ0v) is 14.9. The molecule has 2 aromatic carbocycles. The standard InChI is InChI=1S/C21H18ClN3O/c22-18-7-3-1-6-16(18)14-24-17-9-11-23-19(13-17)21(26)25-12-10-15-5-2-4-8-20(15)25/h1-9,11,13H,10,12,14H2,(H,23,24). The van der Waals surface area contributed by atoms with Crippen molar-refractivity contribution in [3.05, 3.63) is 88.7 Å². The largest absolute Gasteiger partial charge is 0.381 e. The van der Waals surface area contributed by atoms with Gasteiger partial charge in [0, 0.05) is 35.7 Å². The van der Waals surface area contributed by atoms with Crippen LogP contribution in [0.5, 0.6) is 0 Å². The maximum Gasteiger partial charge on any atom is 0.276 e. The quantitative estimate of drug-likeness (QED) is 0.739. The second-order valence-electron chi connectivity index (χ2n) is 6.21. The Morgan fingerprint density at radius 1 is 1.12 bits per heavy atom. The minimum Gasteiger partial charge on any atom is -0.381 e. The van der Waals surface area contributed by atoms with Crippen molar-refractivity contribution in [2.45, 2.75) is 13.0 Å². The lowest BCUT2D eigenvalue weighted by Gasteiger charge is -2.17. The van der Waals surface area contributed by atoms with E-state index in [1.54, 1.807) is 17.2 Å². The van der Waals surface area contributed by atoms with Crippen LogP contribution in [0.1, 0.15) is 21.6 Å². The summed E-state index contributed by atoms with van der Waals surface area (Å²) in [5.41, 5.74) is 4.47. The van der Waals surface area contributed by atoms with Crippen molar-refractivity contribution in [1.29, 1.82) is 0 Å². The zero-order valence-electron chi connectivity index (χ0n) is 14.2. The third-order valence-electron chi connectivity index (χ3n) is 4.55. The van der Waals surface area contributed by atoms with Gasteiger partial charge in [0.05, 0.1) is 0 Å². The van der Waals surface area contributed by atoms with Gasteiger partial charge in [0.2, 0.25) is 0 Å². The van der Waals surface area contributed by atoms with Gasteiger partial charge in [-0.3, -0.25) is 9.78 Å². The number of pyridine rings is 1. The summed E-state index contributed by atoms with van der Waals surface area (Å²) in [4.78, 5) is 19.0. The smallest absolute Gasteiger partial charge is 0.276 e. The molecule has 1 aliphatic heterocycles. The monoisotopic (exact) mass is 363 g/mol. The van der Waals surface area contributed by atoms with E-state index in [1.165, 1.54) is 5.56 Å². The lowest BCUT2D eigenvalue weighted by atomic mass is 10.2. The number of rotatable bonds is 4. The maximum absolute atomic E-state index is 12.9. The van der Waals surface area contributed by atoms with E-state index in [4.69, 9.17) is 11.6 Å². The molecule has 5 heteroatoms. The second-order valence-corrected chi connectivity index (χ2v) is 6.62. The average molecular weight is 364 g/mol. The summed E-state index contributed by atoms with van der Waals surface area (Å²) in [5.74, 6) is -0.0728. The fraction of sp³-hybridized carbons (Fsp3) is 0.143.